The van der Waals surface area contributed by atoms with Gasteiger partial charge in [0.1, 0.15) is 5.75 Å². The second-order valence-corrected chi connectivity index (χ2v) is 7.19. The van der Waals surface area contributed by atoms with E-state index >= 15 is 0 Å². The molecular weight excluding hydrogens is 312 g/mol. The highest BCUT2D eigenvalue weighted by Gasteiger charge is 2.18. The quantitative estimate of drug-likeness (QED) is 0.655. The molecule has 0 saturated carbocycles. The second kappa shape index (κ2) is 11.1. The van der Waals surface area contributed by atoms with Crippen LogP contribution in [-0.2, 0) is 6.42 Å². The Morgan fingerprint density at radius 2 is 2.16 bits per heavy atom. The minimum Gasteiger partial charge on any atom is -0.410 e. The molecular formula is C21H34N2O2. The zero-order chi connectivity index (χ0) is 17.9. The van der Waals surface area contributed by atoms with Crippen LogP contribution in [0.4, 0.5) is 4.79 Å². The SMILES string of the molecule is CCCCCCNC(=O)Oc1cccc(CCC2CCCCN2C)c1. The largest absolute Gasteiger partial charge is 0.412 e. The molecule has 1 aliphatic heterocycles. The van der Waals surface area contributed by atoms with Crippen LogP contribution < -0.4 is 10.1 Å². The number of rotatable bonds is 9. The van der Waals surface area contributed by atoms with E-state index in [0.717, 1.165) is 19.3 Å². The van der Waals surface area contributed by atoms with Crippen LogP contribution in [0, 0.1) is 0 Å². The van der Waals surface area contributed by atoms with Crippen molar-refractivity contribution in [2.45, 2.75) is 70.8 Å². The number of benzene rings is 1. The normalized spacial score (nSPS) is 18.1. The summed E-state index contributed by atoms with van der Waals surface area (Å²) in [4.78, 5) is 14.3. The summed E-state index contributed by atoms with van der Waals surface area (Å²) in [5, 5.41) is 2.83. The molecule has 0 bridgehead atoms. The van der Waals surface area contributed by atoms with E-state index in [0.29, 0.717) is 18.3 Å². The highest BCUT2D eigenvalue weighted by molar-refractivity contribution is 5.70. The summed E-state index contributed by atoms with van der Waals surface area (Å²) >= 11 is 0. The van der Waals surface area contributed by atoms with Crippen LogP contribution in [0.2, 0.25) is 0 Å². The lowest BCUT2D eigenvalue weighted by atomic mass is 9.96. The Kier molecular flexibility index (Phi) is 8.81. The predicted molar refractivity (Wildman–Crippen MR) is 103 cm³/mol. The Morgan fingerprint density at radius 1 is 1.28 bits per heavy atom. The van der Waals surface area contributed by atoms with Crippen LogP contribution in [-0.4, -0.2) is 37.2 Å². The van der Waals surface area contributed by atoms with Gasteiger partial charge in [0.05, 0.1) is 0 Å². The van der Waals surface area contributed by atoms with Gasteiger partial charge in [-0.2, -0.15) is 0 Å². The molecule has 0 radical (unpaired) electrons. The van der Waals surface area contributed by atoms with Gasteiger partial charge in [-0.15, -0.1) is 0 Å². The van der Waals surface area contributed by atoms with Crippen LogP contribution in [0.15, 0.2) is 24.3 Å². The Bertz CT molecular complexity index is 518. The molecule has 0 aromatic heterocycles. The number of nitrogens with one attached hydrogen (secondary N) is 1. The Balaban J connectivity index is 1.73. The van der Waals surface area contributed by atoms with Crippen LogP contribution in [0.1, 0.15) is 63.9 Å². The molecule has 4 heteroatoms. The van der Waals surface area contributed by atoms with Crippen molar-refractivity contribution >= 4 is 6.09 Å². The third kappa shape index (κ3) is 7.47. The van der Waals surface area contributed by atoms with Gasteiger partial charge in [0.2, 0.25) is 0 Å². The van der Waals surface area contributed by atoms with Crippen molar-refractivity contribution in [2.24, 2.45) is 0 Å². The molecule has 1 saturated heterocycles. The zero-order valence-corrected chi connectivity index (χ0v) is 15.9. The van der Waals surface area contributed by atoms with E-state index in [1.165, 1.54) is 50.6 Å². The lowest BCUT2D eigenvalue weighted by molar-refractivity contribution is 0.176. The van der Waals surface area contributed by atoms with Gasteiger partial charge in [0.25, 0.3) is 0 Å². The molecule has 1 amide bonds. The molecule has 25 heavy (non-hydrogen) atoms. The molecule has 1 N–H and O–H groups in total. The van der Waals surface area contributed by atoms with Crippen LogP contribution in [0.5, 0.6) is 5.75 Å². The molecule has 1 heterocycles. The Hall–Kier alpha value is -1.55. The number of carbonyl (C=O) groups is 1. The number of piperidine rings is 1. The highest BCUT2D eigenvalue weighted by atomic mass is 16.6. The molecule has 1 aromatic carbocycles. The molecule has 1 unspecified atom stereocenters. The fraction of sp³-hybridized carbons (Fsp3) is 0.667. The maximum absolute atomic E-state index is 11.9. The molecule has 1 aromatic rings. The summed E-state index contributed by atoms with van der Waals surface area (Å²) in [6.45, 7) is 4.08. The fourth-order valence-corrected chi connectivity index (χ4v) is 3.49. The summed E-state index contributed by atoms with van der Waals surface area (Å²) < 4.78 is 5.41. The number of hydrogen-bond donors (Lipinski definition) is 1. The number of likely N-dealkylation sites (tertiary alicyclic amines) is 1. The first-order chi connectivity index (χ1) is 12.2. The smallest absolute Gasteiger partial charge is 0.410 e. The molecule has 1 atom stereocenters. The van der Waals surface area contributed by atoms with E-state index in [4.69, 9.17) is 4.74 Å². The monoisotopic (exact) mass is 346 g/mol. The van der Waals surface area contributed by atoms with Crippen molar-refractivity contribution in [3.05, 3.63) is 29.8 Å². The van der Waals surface area contributed by atoms with Gasteiger partial charge in [-0.3, -0.25) is 0 Å². The molecule has 1 fully saturated rings. The van der Waals surface area contributed by atoms with E-state index in [1.807, 2.05) is 18.2 Å². The summed E-state index contributed by atoms with van der Waals surface area (Å²) in [5.41, 5.74) is 1.24. The zero-order valence-electron chi connectivity index (χ0n) is 15.9. The van der Waals surface area contributed by atoms with Crippen molar-refractivity contribution in [3.8, 4) is 5.75 Å². The first-order valence-electron chi connectivity index (χ1n) is 9.94. The van der Waals surface area contributed by atoms with Gasteiger partial charge in [-0.05, 0) is 63.4 Å². The Labute approximate surface area is 152 Å². The summed E-state index contributed by atoms with van der Waals surface area (Å²) in [5.74, 6) is 0.639. The number of amides is 1. The number of ether oxygens (including phenoxy) is 1. The van der Waals surface area contributed by atoms with E-state index in [2.05, 4.69) is 30.3 Å². The van der Waals surface area contributed by atoms with Crippen molar-refractivity contribution in [3.63, 3.8) is 0 Å². The van der Waals surface area contributed by atoms with E-state index < -0.39 is 0 Å². The number of hydrogen-bond acceptors (Lipinski definition) is 3. The summed E-state index contributed by atoms with van der Waals surface area (Å²) in [6, 6.07) is 8.64. The Morgan fingerprint density at radius 3 is 2.96 bits per heavy atom. The molecule has 0 spiro atoms. The number of nitrogens with zero attached hydrogens (tertiary/aromatic N) is 1. The first-order valence-corrected chi connectivity index (χ1v) is 9.94. The van der Waals surface area contributed by atoms with Crippen LogP contribution in [0.25, 0.3) is 0 Å². The van der Waals surface area contributed by atoms with Gasteiger partial charge in [0.15, 0.2) is 0 Å². The number of aryl methyl sites for hydroxylation is 1. The van der Waals surface area contributed by atoms with E-state index in [9.17, 15) is 4.79 Å². The molecule has 1 aliphatic rings. The van der Waals surface area contributed by atoms with E-state index in [1.54, 1.807) is 0 Å². The summed E-state index contributed by atoms with van der Waals surface area (Å²) in [6.07, 6.45) is 10.4. The minimum atomic E-state index is -0.347. The maximum atomic E-state index is 11.9. The number of carbonyl (C=O) groups excluding carboxylic acids is 1. The molecule has 0 aliphatic carbocycles. The maximum Gasteiger partial charge on any atom is 0.412 e. The van der Waals surface area contributed by atoms with Crippen molar-refractivity contribution in [2.75, 3.05) is 20.1 Å². The first kappa shape index (κ1) is 19.8. The van der Waals surface area contributed by atoms with Gasteiger partial charge in [-0.25, -0.2) is 4.79 Å². The average Bonchev–Trinajstić information content (AvgIpc) is 2.61. The number of unbranched alkanes of at least 4 members (excludes halogenated alkanes) is 3. The van der Waals surface area contributed by atoms with Crippen LogP contribution in [0.3, 0.4) is 0 Å². The molecule has 2 rings (SSSR count). The lowest BCUT2D eigenvalue weighted by Crippen LogP contribution is -2.36. The van der Waals surface area contributed by atoms with Crippen LogP contribution >= 0.6 is 0 Å². The van der Waals surface area contributed by atoms with Gasteiger partial charge in [-0.1, -0.05) is 44.7 Å². The van der Waals surface area contributed by atoms with E-state index in [-0.39, 0.29) is 6.09 Å². The van der Waals surface area contributed by atoms with Crippen molar-refractivity contribution < 1.29 is 9.53 Å². The fourth-order valence-electron chi connectivity index (χ4n) is 3.49. The summed E-state index contributed by atoms with van der Waals surface area (Å²) in [7, 11) is 2.23. The molecule has 140 valence electrons. The van der Waals surface area contributed by atoms with Crippen molar-refractivity contribution in [1.29, 1.82) is 0 Å². The van der Waals surface area contributed by atoms with Crippen molar-refractivity contribution in [1.82, 2.24) is 10.2 Å². The average molecular weight is 347 g/mol. The third-order valence-corrected chi connectivity index (χ3v) is 5.10. The van der Waals surface area contributed by atoms with Gasteiger partial charge < -0.3 is 15.0 Å². The topological polar surface area (TPSA) is 41.6 Å². The van der Waals surface area contributed by atoms with Gasteiger partial charge >= 0.3 is 6.09 Å². The molecule has 4 nitrogen and oxygen atoms in total. The van der Waals surface area contributed by atoms with Gasteiger partial charge in [0, 0.05) is 12.6 Å². The minimum absolute atomic E-state index is 0.347. The highest BCUT2D eigenvalue weighted by Crippen LogP contribution is 2.21. The lowest BCUT2D eigenvalue weighted by Gasteiger charge is -2.32. The second-order valence-electron chi connectivity index (χ2n) is 7.19. The standard InChI is InChI=1S/C21H34N2O2/c1-3-4-5-7-15-22-21(24)25-20-12-9-10-18(17-20)13-14-19-11-6-8-16-23(19)2/h9-10,12,17,19H,3-8,11,13-16H2,1-2H3,(H,22,24). The third-order valence-electron chi connectivity index (χ3n) is 5.10. The predicted octanol–water partition coefficient (Wildman–Crippen LogP) is 4.77.